The topological polar surface area (TPSA) is 67.6 Å². The monoisotopic (exact) mass is 256 g/mol. The second-order valence-electron chi connectivity index (χ2n) is 4.03. The van der Waals surface area contributed by atoms with Crippen molar-refractivity contribution < 1.29 is 17.9 Å². The van der Waals surface area contributed by atoms with Crippen LogP contribution in [0.5, 0.6) is 11.5 Å². The molecule has 0 spiro atoms. The average molecular weight is 256 g/mol. The molecular weight excluding hydrogens is 244 g/mol. The van der Waals surface area contributed by atoms with Gasteiger partial charge in [0, 0.05) is 19.2 Å². The van der Waals surface area contributed by atoms with E-state index in [0.717, 1.165) is 5.56 Å². The Kier molecular flexibility index (Phi) is 2.20. The zero-order valence-electron chi connectivity index (χ0n) is 9.26. The standard InChI is InChI=1S/C10H12N2O4S/c1-7-4-9-10(16-6-15-9)5-8(7)11-17(13,14)12-2-3-12/h4-5,11H,2-3,6H2,1H3. The fourth-order valence-electron chi connectivity index (χ4n) is 1.64. The van der Waals surface area contributed by atoms with Crippen LogP contribution in [0.3, 0.4) is 0 Å². The van der Waals surface area contributed by atoms with Gasteiger partial charge in [-0.2, -0.15) is 12.7 Å². The summed E-state index contributed by atoms with van der Waals surface area (Å²) in [5.41, 5.74) is 1.33. The molecule has 3 rings (SSSR count). The molecule has 1 aromatic rings. The highest BCUT2D eigenvalue weighted by Gasteiger charge is 2.32. The number of nitrogens with zero attached hydrogens (tertiary/aromatic N) is 1. The zero-order chi connectivity index (χ0) is 12.0. The molecule has 2 aliphatic rings. The van der Waals surface area contributed by atoms with Crippen LogP contribution >= 0.6 is 0 Å². The second-order valence-corrected chi connectivity index (χ2v) is 5.70. The molecule has 17 heavy (non-hydrogen) atoms. The van der Waals surface area contributed by atoms with Crippen molar-refractivity contribution in [1.82, 2.24) is 4.31 Å². The summed E-state index contributed by atoms with van der Waals surface area (Å²) in [6, 6.07) is 3.42. The first kappa shape index (κ1) is 10.7. The average Bonchev–Trinajstić information content (AvgIpc) is 3.02. The predicted octanol–water partition coefficient (Wildman–Crippen LogP) is 0.696. The van der Waals surface area contributed by atoms with Crippen molar-refractivity contribution in [3.63, 3.8) is 0 Å². The third-order valence-corrected chi connectivity index (χ3v) is 4.23. The number of fused-ring (bicyclic) bond motifs is 1. The highest BCUT2D eigenvalue weighted by molar-refractivity contribution is 7.90. The normalized spacial score (nSPS) is 18.2. The smallest absolute Gasteiger partial charge is 0.301 e. The number of benzene rings is 1. The van der Waals surface area contributed by atoms with Crippen LogP contribution < -0.4 is 14.2 Å². The summed E-state index contributed by atoms with van der Waals surface area (Å²) in [6.07, 6.45) is 0. The molecule has 0 aromatic heterocycles. The maximum Gasteiger partial charge on any atom is 0.301 e. The number of ether oxygens (including phenoxy) is 2. The van der Waals surface area contributed by atoms with E-state index in [1.807, 2.05) is 6.92 Å². The Balaban J connectivity index is 1.93. The van der Waals surface area contributed by atoms with Crippen LogP contribution in [-0.2, 0) is 10.2 Å². The molecule has 2 heterocycles. The van der Waals surface area contributed by atoms with Crippen LogP contribution in [0.15, 0.2) is 12.1 Å². The quantitative estimate of drug-likeness (QED) is 0.808. The molecule has 2 aliphatic heterocycles. The second kappa shape index (κ2) is 3.51. The lowest BCUT2D eigenvalue weighted by molar-refractivity contribution is 0.174. The summed E-state index contributed by atoms with van der Waals surface area (Å²) in [5.74, 6) is 1.22. The van der Waals surface area contributed by atoms with Gasteiger partial charge in [-0.15, -0.1) is 0 Å². The highest BCUT2D eigenvalue weighted by Crippen LogP contribution is 2.37. The first-order chi connectivity index (χ1) is 8.06. The summed E-state index contributed by atoms with van der Waals surface area (Å²) in [6.45, 7) is 3.16. The van der Waals surface area contributed by atoms with Gasteiger partial charge < -0.3 is 9.47 Å². The number of aryl methyl sites for hydroxylation is 1. The van der Waals surface area contributed by atoms with Gasteiger partial charge in [-0.25, -0.2) is 0 Å². The van der Waals surface area contributed by atoms with Crippen LogP contribution in [0.1, 0.15) is 5.56 Å². The van der Waals surface area contributed by atoms with Crippen molar-refractivity contribution in [2.24, 2.45) is 0 Å². The summed E-state index contributed by atoms with van der Waals surface area (Å²) in [7, 11) is -3.39. The SMILES string of the molecule is Cc1cc2c(cc1NS(=O)(=O)N1CC1)OCO2. The van der Waals surface area contributed by atoms with Gasteiger partial charge in [0.05, 0.1) is 5.69 Å². The summed E-state index contributed by atoms with van der Waals surface area (Å²) in [5, 5.41) is 0. The number of hydrogen-bond donors (Lipinski definition) is 1. The van der Waals surface area contributed by atoms with Gasteiger partial charge in [0.1, 0.15) is 0 Å². The van der Waals surface area contributed by atoms with Gasteiger partial charge in [0.15, 0.2) is 11.5 Å². The van der Waals surface area contributed by atoms with Crippen LogP contribution in [0.25, 0.3) is 0 Å². The van der Waals surface area contributed by atoms with E-state index in [-0.39, 0.29) is 6.79 Å². The van der Waals surface area contributed by atoms with E-state index in [1.165, 1.54) is 4.31 Å². The van der Waals surface area contributed by atoms with E-state index in [2.05, 4.69) is 4.72 Å². The Morgan fingerprint density at radius 2 is 1.88 bits per heavy atom. The van der Waals surface area contributed by atoms with Gasteiger partial charge in [-0.3, -0.25) is 4.72 Å². The summed E-state index contributed by atoms with van der Waals surface area (Å²) in [4.78, 5) is 0. The lowest BCUT2D eigenvalue weighted by Gasteiger charge is -2.11. The van der Waals surface area contributed by atoms with E-state index in [1.54, 1.807) is 12.1 Å². The molecule has 92 valence electrons. The molecular formula is C10H12N2O4S. The minimum Gasteiger partial charge on any atom is -0.454 e. The van der Waals surface area contributed by atoms with E-state index < -0.39 is 10.2 Å². The molecule has 1 aromatic carbocycles. The van der Waals surface area contributed by atoms with Crippen LogP contribution in [-0.4, -0.2) is 32.6 Å². The van der Waals surface area contributed by atoms with Gasteiger partial charge >= 0.3 is 10.2 Å². The maximum atomic E-state index is 11.8. The Bertz CT molecular complexity index is 566. The van der Waals surface area contributed by atoms with Crippen LogP contribution in [0.2, 0.25) is 0 Å². The lowest BCUT2D eigenvalue weighted by Crippen LogP contribution is -2.21. The molecule has 0 atom stereocenters. The number of rotatable bonds is 3. The molecule has 0 aliphatic carbocycles. The third kappa shape index (κ3) is 1.91. The minimum absolute atomic E-state index is 0.178. The molecule has 6 nitrogen and oxygen atoms in total. The Morgan fingerprint density at radius 1 is 1.24 bits per heavy atom. The molecule has 0 radical (unpaired) electrons. The number of anilines is 1. The van der Waals surface area contributed by atoms with E-state index in [0.29, 0.717) is 30.3 Å². The predicted molar refractivity (Wildman–Crippen MR) is 61.4 cm³/mol. The third-order valence-electron chi connectivity index (χ3n) is 2.70. The van der Waals surface area contributed by atoms with Crippen molar-refractivity contribution in [3.05, 3.63) is 17.7 Å². The van der Waals surface area contributed by atoms with Crippen LogP contribution in [0.4, 0.5) is 5.69 Å². The lowest BCUT2D eigenvalue weighted by atomic mass is 10.2. The zero-order valence-corrected chi connectivity index (χ0v) is 10.1. The minimum atomic E-state index is -3.39. The molecule has 0 unspecified atom stereocenters. The maximum absolute atomic E-state index is 11.8. The van der Waals surface area contributed by atoms with Gasteiger partial charge in [0.25, 0.3) is 0 Å². The molecule has 1 N–H and O–H groups in total. The van der Waals surface area contributed by atoms with Crippen molar-refractivity contribution >= 4 is 15.9 Å². The van der Waals surface area contributed by atoms with Crippen molar-refractivity contribution in [3.8, 4) is 11.5 Å². The number of nitrogens with one attached hydrogen (secondary N) is 1. The van der Waals surface area contributed by atoms with Gasteiger partial charge in [-0.05, 0) is 18.6 Å². The van der Waals surface area contributed by atoms with E-state index in [4.69, 9.17) is 9.47 Å². The van der Waals surface area contributed by atoms with Gasteiger partial charge in [0.2, 0.25) is 6.79 Å². The summed E-state index contributed by atoms with van der Waals surface area (Å²) >= 11 is 0. The molecule has 0 saturated carbocycles. The van der Waals surface area contributed by atoms with Gasteiger partial charge in [-0.1, -0.05) is 0 Å². The van der Waals surface area contributed by atoms with Crippen molar-refractivity contribution in [2.45, 2.75) is 6.92 Å². The Hall–Kier alpha value is -1.47. The molecule has 7 heteroatoms. The highest BCUT2D eigenvalue weighted by atomic mass is 32.2. The van der Waals surface area contributed by atoms with Crippen molar-refractivity contribution in [2.75, 3.05) is 24.6 Å². The largest absolute Gasteiger partial charge is 0.454 e. The Morgan fingerprint density at radius 3 is 2.53 bits per heavy atom. The molecule has 1 fully saturated rings. The number of hydrogen-bond acceptors (Lipinski definition) is 4. The molecule has 1 saturated heterocycles. The first-order valence-electron chi connectivity index (χ1n) is 5.24. The summed E-state index contributed by atoms with van der Waals surface area (Å²) < 4.78 is 37.8. The molecule has 0 amide bonds. The molecule has 0 bridgehead atoms. The van der Waals surface area contributed by atoms with E-state index in [9.17, 15) is 8.42 Å². The van der Waals surface area contributed by atoms with Crippen LogP contribution in [0, 0.1) is 6.92 Å². The van der Waals surface area contributed by atoms with Crippen molar-refractivity contribution in [1.29, 1.82) is 0 Å². The fourth-order valence-corrected chi connectivity index (χ4v) is 2.83. The van der Waals surface area contributed by atoms with E-state index >= 15 is 0 Å². The fraction of sp³-hybridized carbons (Fsp3) is 0.400. The Labute approximate surface area is 99.3 Å². The first-order valence-corrected chi connectivity index (χ1v) is 6.68.